The molecular weight excluding hydrogens is 314 g/mol. The molecule has 0 radical (unpaired) electrons. The lowest BCUT2D eigenvalue weighted by Crippen LogP contribution is -2.30. The van der Waals surface area contributed by atoms with Crippen molar-refractivity contribution in [1.29, 1.82) is 0 Å². The molecule has 0 fully saturated rings. The largest absolute Gasteiger partial charge is 0.495 e. The zero-order valence-electron chi connectivity index (χ0n) is 14.6. The maximum Gasteiger partial charge on any atom is 0.265 e. The van der Waals surface area contributed by atoms with Crippen LogP contribution in [0.25, 0.3) is 10.8 Å². The molecule has 0 saturated carbocycles. The van der Waals surface area contributed by atoms with Crippen molar-refractivity contribution in [3.63, 3.8) is 0 Å². The number of fused-ring (bicyclic) bond motifs is 1. The second-order valence-corrected chi connectivity index (χ2v) is 5.93. The van der Waals surface area contributed by atoms with Gasteiger partial charge in [0, 0.05) is 5.39 Å². The van der Waals surface area contributed by atoms with Crippen LogP contribution in [0.3, 0.4) is 0 Å². The van der Waals surface area contributed by atoms with Crippen LogP contribution in [0, 0.1) is 6.92 Å². The third kappa shape index (κ3) is 3.74. The maximum absolute atomic E-state index is 12.5. The summed E-state index contributed by atoms with van der Waals surface area (Å²) >= 11 is 0. The van der Waals surface area contributed by atoms with Gasteiger partial charge in [-0.25, -0.2) is 0 Å². The highest BCUT2D eigenvalue weighted by Crippen LogP contribution is 2.28. The molecule has 1 N–H and O–H groups in total. The Hall–Kier alpha value is -3.01. The SMILES string of the molecule is COc1ccc(C)cc1NC(=O)[C@H](C)Oc1cccc2ccccc12. The number of hydrogen-bond donors (Lipinski definition) is 1. The quantitative estimate of drug-likeness (QED) is 0.743. The number of methoxy groups -OCH3 is 1. The lowest BCUT2D eigenvalue weighted by atomic mass is 10.1. The van der Waals surface area contributed by atoms with Crippen LogP contribution in [0.4, 0.5) is 5.69 Å². The average molecular weight is 335 g/mol. The Morgan fingerprint density at radius 3 is 2.56 bits per heavy atom. The molecule has 3 rings (SSSR count). The predicted octanol–water partition coefficient (Wildman–Crippen LogP) is 4.56. The van der Waals surface area contributed by atoms with Gasteiger partial charge in [-0.15, -0.1) is 0 Å². The molecule has 0 saturated heterocycles. The number of rotatable bonds is 5. The molecule has 0 aliphatic heterocycles. The highest BCUT2D eigenvalue weighted by atomic mass is 16.5. The highest BCUT2D eigenvalue weighted by molar-refractivity contribution is 5.96. The summed E-state index contributed by atoms with van der Waals surface area (Å²) < 4.78 is 11.2. The summed E-state index contributed by atoms with van der Waals surface area (Å²) in [5.41, 5.74) is 1.68. The van der Waals surface area contributed by atoms with Gasteiger partial charge in [0.25, 0.3) is 5.91 Å². The van der Waals surface area contributed by atoms with E-state index >= 15 is 0 Å². The Kier molecular flexibility index (Phi) is 4.89. The van der Waals surface area contributed by atoms with Gasteiger partial charge in [0.1, 0.15) is 11.5 Å². The minimum absolute atomic E-state index is 0.225. The van der Waals surface area contributed by atoms with Crippen LogP contribution in [0.1, 0.15) is 12.5 Å². The van der Waals surface area contributed by atoms with Crippen molar-refractivity contribution in [2.45, 2.75) is 20.0 Å². The molecule has 4 nitrogen and oxygen atoms in total. The van der Waals surface area contributed by atoms with Crippen LogP contribution < -0.4 is 14.8 Å². The lowest BCUT2D eigenvalue weighted by Gasteiger charge is -2.17. The summed E-state index contributed by atoms with van der Waals surface area (Å²) in [6.07, 6.45) is -0.643. The van der Waals surface area contributed by atoms with E-state index < -0.39 is 6.10 Å². The Balaban J connectivity index is 1.78. The topological polar surface area (TPSA) is 47.6 Å². The Morgan fingerprint density at radius 1 is 1.00 bits per heavy atom. The van der Waals surface area contributed by atoms with Gasteiger partial charge >= 0.3 is 0 Å². The van der Waals surface area contributed by atoms with E-state index in [4.69, 9.17) is 9.47 Å². The molecule has 4 heteroatoms. The van der Waals surface area contributed by atoms with Crippen LogP contribution >= 0.6 is 0 Å². The van der Waals surface area contributed by atoms with E-state index in [-0.39, 0.29) is 5.91 Å². The van der Waals surface area contributed by atoms with Gasteiger partial charge in [-0.3, -0.25) is 4.79 Å². The van der Waals surface area contributed by atoms with Gasteiger partial charge in [0.15, 0.2) is 6.10 Å². The summed E-state index contributed by atoms with van der Waals surface area (Å²) in [6, 6.07) is 19.4. The molecule has 1 atom stereocenters. The van der Waals surface area contributed by atoms with Gasteiger partial charge in [-0.1, -0.05) is 42.5 Å². The molecule has 0 unspecified atom stereocenters. The van der Waals surface area contributed by atoms with Crippen molar-refractivity contribution in [2.75, 3.05) is 12.4 Å². The number of benzene rings is 3. The minimum atomic E-state index is -0.643. The summed E-state index contributed by atoms with van der Waals surface area (Å²) in [4.78, 5) is 12.5. The molecule has 3 aromatic rings. The van der Waals surface area contributed by atoms with E-state index in [1.54, 1.807) is 14.0 Å². The predicted molar refractivity (Wildman–Crippen MR) is 100 cm³/mol. The number of nitrogens with one attached hydrogen (secondary N) is 1. The zero-order chi connectivity index (χ0) is 17.8. The molecule has 0 bridgehead atoms. The number of carbonyl (C=O) groups excluding carboxylic acids is 1. The Labute approximate surface area is 147 Å². The molecule has 25 heavy (non-hydrogen) atoms. The van der Waals surface area contributed by atoms with E-state index in [1.165, 1.54) is 0 Å². The first-order chi connectivity index (χ1) is 12.1. The third-order valence-corrected chi connectivity index (χ3v) is 4.04. The standard InChI is InChI=1S/C21H21NO3/c1-14-11-12-20(24-3)18(13-14)22-21(23)15(2)25-19-10-6-8-16-7-4-5-9-17(16)19/h4-13,15H,1-3H3,(H,22,23)/t15-/m0/s1. The normalized spacial score (nSPS) is 11.8. The van der Waals surface area contributed by atoms with Crippen molar-refractivity contribution < 1.29 is 14.3 Å². The van der Waals surface area contributed by atoms with Crippen molar-refractivity contribution >= 4 is 22.4 Å². The molecule has 128 valence electrons. The van der Waals surface area contributed by atoms with Crippen LogP contribution in [0.15, 0.2) is 60.7 Å². The smallest absolute Gasteiger partial charge is 0.265 e. The van der Waals surface area contributed by atoms with Crippen molar-refractivity contribution in [3.05, 3.63) is 66.2 Å². The van der Waals surface area contributed by atoms with Gasteiger partial charge in [0.05, 0.1) is 12.8 Å². The Bertz CT molecular complexity index is 899. The lowest BCUT2D eigenvalue weighted by molar-refractivity contribution is -0.122. The first kappa shape index (κ1) is 16.8. The average Bonchev–Trinajstić information content (AvgIpc) is 2.62. The van der Waals surface area contributed by atoms with Gasteiger partial charge in [-0.05, 0) is 43.0 Å². The molecule has 1 amide bonds. The Morgan fingerprint density at radius 2 is 1.76 bits per heavy atom. The molecule has 0 spiro atoms. The molecular formula is C21H21NO3. The monoisotopic (exact) mass is 335 g/mol. The van der Waals surface area contributed by atoms with Crippen LogP contribution in [0.5, 0.6) is 11.5 Å². The summed E-state index contributed by atoms with van der Waals surface area (Å²) in [5.74, 6) is 1.09. The number of anilines is 1. The third-order valence-electron chi connectivity index (χ3n) is 4.04. The zero-order valence-corrected chi connectivity index (χ0v) is 14.6. The number of hydrogen-bond acceptors (Lipinski definition) is 3. The fraction of sp³-hybridized carbons (Fsp3) is 0.190. The molecule has 0 heterocycles. The maximum atomic E-state index is 12.5. The van der Waals surface area contributed by atoms with Crippen LogP contribution in [-0.4, -0.2) is 19.1 Å². The molecule has 3 aromatic carbocycles. The fourth-order valence-electron chi connectivity index (χ4n) is 2.70. The number of carbonyl (C=O) groups is 1. The van der Waals surface area contributed by atoms with Crippen molar-refractivity contribution in [3.8, 4) is 11.5 Å². The molecule has 0 aliphatic carbocycles. The van der Waals surface area contributed by atoms with E-state index in [0.29, 0.717) is 17.2 Å². The fourth-order valence-corrected chi connectivity index (χ4v) is 2.70. The number of aryl methyl sites for hydroxylation is 1. The van der Waals surface area contributed by atoms with Crippen molar-refractivity contribution in [1.82, 2.24) is 0 Å². The first-order valence-electron chi connectivity index (χ1n) is 8.18. The van der Waals surface area contributed by atoms with E-state index in [1.807, 2.05) is 67.6 Å². The number of ether oxygens (including phenoxy) is 2. The van der Waals surface area contributed by atoms with E-state index in [9.17, 15) is 4.79 Å². The van der Waals surface area contributed by atoms with E-state index in [2.05, 4.69) is 5.32 Å². The van der Waals surface area contributed by atoms with Crippen molar-refractivity contribution in [2.24, 2.45) is 0 Å². The van der Waals surface area contributed by atoms with E-state index in [0.717, 1.165) is 16.3 Å². The van der Waals surface area contributed by atoms with Crippen LogP contribution in [0.2, 0.25) is 0 Å². The molecule has 0 aromatic heterocycles. The molecule has 0 aliphatic rings. The van der Waals surface area contributed by atoms with Gasteiger partial charge in [0.2, 0.25) is 0 Å². The summed E-state index contributed by atoms with van der Waals surface area (Å²) in [5, 5.41) is 4.94. The summed E-state index contributed by atoms with van der Waals surface area (Å²) in [6.45, 7) is 3.70. The summed E-state index contributed by atoms with van der Waals surface area (Å²) in [7, 11) is 1.58. The van der Waals surface area contributed by atoms with Gasteiger partial charge in [-0.2, -0.15) is 0 Å². The van der Waals surface area contributed by atoms with Gasteiger partial charge < -0.3 is 14.8 Å². The highest BCUT2D eigenvalue weighted by Gasteiger charge is 2.17. The first-order valence-corrected chi connectivity index (χ1v) is 8.18. The minimum Gasteiger partial charge on any atom is -0.495 e. The second kappa shape index (κ2) is 7.26. The van der Waals surface area contributed by atoms with Crippen LogP contribution in [-0.2, 0) is 4.79 Å². The second-order valence-electron chi connectivity index (χ2n) is 5.93. The number of amides is 1.